The maximum atomic E-state index is 13.4. The Hall–Kier alpha value is -2.15. The van der Waals surface area contributed by atoms with Gasteiger partial charge in [-0.2, -0.15) is 0 Å². The Bertz CT molecular complexity index is 723. The highest BCUT2D eigenvalue weighted by Gasteiger charge is 2.39. The molecule has 7 heteroatoms. The van der Waals surface area contributed by atoms with Crippen molar-refractivity contribution in [2.75, 3.05) is 26.3 Å². The Balaban J connectivity index is 1.68. The van der Waals surface area contributed by atoms with E-state index in [1.54, 1.807) is 12.1 Å². The smallest absolute Gasteiger partial charge is 0.410 e. The van der Waals surface area contributed by atoms with Crippen LogP contribution < -0.4 is 5.32 Å². The number of carbonyl (C=O) groups is 2. The molecule has 1 aromatic carbocycles. The number of nitrogens with zero attached hydrogens (tertiary/aromatic N) is 1. The second-order valence-corrected chi connectivity index (χ2v) is 8.95. The zero-order valence-electron chi connectivity index (χ0n) is 17.5. The Kier molecular flexibility index (Phi) is 6.46. The van der Waals surface area contributed by atoms with Crippen LogP contribution >= 0.6 is 0 Å². The molecule has 1 unspecified atom stereocenters. The van der Waals surface area contributed by atoms with E-state index < -0.39 is 17.7 Å². The first-order valence-corrected chi connectivity index (χ1v) is 10.3. The lowest BCUT2D eigenvalue weighted by molar-refractivity contribution is -0.126. The first kappa shape index (κ1) is 21.6. The Morgan fingerprint density at radius 1 is 1.24 bits per heavy atom. The fraction of sp³-hybridized carbons (Fsp3) is 0.636. The average molecular weight is 406 g/mol. The summed E-state index contributed by atoms with van der Waals surface area (Å²) < 4.78 is 24.4. The third kappa shape index (κ3) is 5.26. The van der Waals surface area contributed by atoms with Gasteiger partial charge in [0.1, 0.15) is 17.5 Å². The number of ether oxygens (including phenoxy) is 2. The third-order valence-corrected chi connectivity index (χ3v) is 5.69. The molecule has 2 amide bonds. The monoisotopic (exact) mass is 406 g/mol. The summed E-state index contributed by atoms with van der Waals surface area (Å²) in [6.45, 7) is 7.58. The van der Waals surface area contributed by atoms with Crippen molar-refractivity contribution in [2.45, 2.75) is 63.5 Å². The lowest BCUT2D eigenvalue weighted by Gasteiger charge is -2.38. The summed E-state index contributed by atoms with van der Waals surface area (Å²) in [7, 11) is 0. The molecule has 2 fully saturated rings. The Morgan fingerprint density at radius 2 is 1.90 bits per heavy atom. The predicted molar refractivity (Wildman–Crippen MR) is 107 cm³/mol. The van der Waals surface area contributed by atoms with Crippen molar-refractivity contribution < 1.29 is 23.5 Å². The van der Waals surface area contributed by atoms with Gasteiger partial charge in [-0.05, 0) is 64.2 Å². The molecule has 0 aliphatic carbocycles. The van der Waals surface area contributed by atoms with E-state index in [4.69, 9.17) is 9.47 Å². The van der Waals surface area contributed by atoms with Crippen molar-refractivity contribution in [3.8, 4) is 0 Å². The van der Waals surface area contributed by atoms with Crippen molar-refractivity contribution in [3.05, 3.63) is 35.6 Å². The summed E-state index contributed by atoms with van der Waals surface area (Å²) in [6.07, 6.45) is 2.44. The van der Waals surface area contributed by atoms with Gasteiger partial charge in [-0.3, -0.25) is 9.69 Å². The number of benzene rings is 1. The number of likely N-dealkylation sites (tertiary alicyclic amines) is 1. The van der Waals surface area contributed by atoms with Gasteiger partial charge in [0.2, 0.25) is 5.91 Å². The quantitative estimate of drug-likeness (QED) is 0.832. The molecule has 2 aliphatic heterocycles. The van der Waals surface area contributed by atoms with Gasteiger partial charge in [0.25, 0.3) is 0 Å². The minimum Gasteiger partial charge on any atom is -0.444 e. The number of hydrogen-bond acceptors (Lipinski definition) is 4. The first-order valence-electron chi connectivity index (χ1n) is 10.3. The molecule has 1 N–H and O–H groups in total. The molecule has 0 saturated carbocycles. The zero-order chi connectivity index (χ0) is 21.1. The van der Waals surface area contributed by atoms with Crippen molar-refractivity contribution in [1.29, 1.82) is 0 Å². The molecule has 0 spiro atoms. The number of nitrogens with one attached hydrogen (secondary N) is 1. The topological polar surface area (TPSA) is 67.9 Å². The molecule has 2 heterocycles. The fourth-order valence-corrected chi connectivity index (χ4v) is 4.09. The average Bonchev–Trinajstić information content (AvgIpc) is 3.16. The van der Waals surface area contributed by atoms with E-state index in [0.29, 0.717) is 32.7 Å². The predicted octanol–water partition coefficient (Wildman–Crippen LogP) is 3.39. The summed E-state index contributed by atoms with van der Waals surface area (Å²) in [5.41, 5.74) is 0.102. The summed E-state index contributed by atoms with van der Waals surface area (Å²) in [6, 6.07) is 5.96. The normalized spacial score (nSPS) is 21.7. The van der Waals surface area contributed by atoms with Gasteiger partial charge in [0.05, 0.1) is 0 Å². The van der Waals surface area contributed by atoms with Gasteiger partial charge in [-0.1, -0.05) is 12.1 Å². The van der Waals surface area contributed by atoms with Crippen LogP contribution in [0.2, 0.25) is 0 Å². The van der Waals surface area contributed by atoms with Crippen molar-refractivity contribution in [2.24, 2.45) is 0 Å². The van der Waals surface area contributed by atoms with Crippen molar-refractivity contribution in [1.82, 2.24) is 10.2 Å². The first-order chi connectivity index (χ1) is 13.7. The Morgan fingerprint density at radius 3 is 2.52 bits per heavy atom. The molecule has 2 saturated heterocycles. The second-order valence-electron chi connectivity index (χ2n) is 8.95. The minimum absolute atomic E-state index is 0.165. The molecular weight excluding hydrogens is 375 g/mol. The molecule has 1 atom stereocenters. The fourth-order valence-electron chi connectivity index (χ4n) is 4.09. The van der Waals surface area contributed by atoms with Crippen LogP contribution in [-0.2, 0) is 19.7 Å². The lowest BCUT2D eigenvalue weighted by atomic mass is 9.74. The largest absolute Gasteiger partial charge is 0.444 e. The van der Waals surface area contributed by atoms with E-state index >= 15 is 0 Å². The summed E-state index contributed by atoms with van der Waals surface area (Å²) in [5.74, 6) is -0.444. The van der Waals surface area contributed by atoms with Gasteiger partial charge in [0.15, 0.2) is 0 Å². The van der Waals surface area contributed by atoms with Crippen LogP contribution in [-0.4, -0.2) is 54.8 Å². The van der Waals surface area contributed by atoms with E-state index in [2.05, 4.69) is 5.32 Å². The van der Waals surface area contributed by atoms with Crippen LogP contribution in [0.3, 0.4) is 0 Å². The van der Waals surface area contributed by atoms with Crippen LogP contribution in [0.5, 0.6) is 0 Å². The second kappa shape index (κ2) is 8.69. The van der Waals surface area contributed by atoms with Gasteiger partial charge < -0.3 is 14.8 Å². The highest BCUT2D eigenvalue weighted by atomic mass is 19.1. The minimum atomic E-state index is -0.602. The highest BCUT2D eigenvalue weighted by molar-refractivity contribution is 5.86. The van der Waals surface area contributed by atoms with Gasteiger partial charge in [-0.15, -0.1) is 0 Å². The maximum absolute atomic E-state index is 13.4. The van der Waals surface area contributed by atoms with Crippen LogP contribution in [0.4, 0.5) is 9.18 Å². The Labute approximate surface area is 171 Å². The molecule has 0 radical (unpaired) electrons. The molecular formula is C22H31FN2O4. The lowest BCUT2D eigenvalue weighted by Crippen LogP contribution is -2.51. The maximum Gasteiger partial charge on any atom is 0.410 e. The van der Waals surface area contributed by atoms with Crippen LogP contribution in [0.25, 0.3) is 0 Å². The van der Waals surface area contributed by atoms with E-state index in [1.165, 1.54) is 17.0 Å². The van der Waals surface area contributed by atoms with Crippen molar-refractivity contribution >= 4 is 12.0 Å². The SMILES string of the molecule is CC(C)(C)OC(=O)N1CCCC1C(=O)NCC1(c2ccc(F)cc2)CCOCC1. The number of rotatable bonds is 4. The molecule has 2 aliphatic rings. The number of carbonyl (C=O) groups excluding carboxylic acids is 2. The molecule has 6 nitrogen and oxygen atoms in total. The standard InChI is InChI=1S/C22H31FN2O4/c1-21(2,3)29-20(27)25-12-4-5-18(25)19(26)24-15-22(10-13-28-14-11-22)16-6-8-17(23)9-7-16/h6-9,18H,4-5,10-15H2,1-3H3,(H,24,26). The van der Waals surface area contributed by atoms with Crippen LogP contribution in [0.1, 0.15) is 52.0 Å². The number of hydrogen-bond donors (Lipinski definition) is 1. The van der Waals surface area contributed by atoms with Crippen molar-refractivity contribution in [3.63, 3.8) is 0 Å². The van der Waals surface area contributed by atoms with Gasteiger partial charge in [-0.25, -0.2) is 9.18 Å². The van der Waals surface area contributed by atoms with Gasteiger partial charge >= 0.3 is 6.09 Å². The molecule has 3 rings (SSSR count). The summed E-state index contributed by atoms with van der Waals surface area (Å²) in [5, 5.41) is 3.06. The zero-order valence-corrected chi connectivity index (χ0v) is 17.5. The summed E-state index contributed by atoms with van der Waals surface area (Å²) in [4.78, 5) is 26.9. The third-order valence-electron chi connectivity index (χ3n) is 5.69. The van der Waals surface area contributed by atoms with E-state index in [9.17, 15) is 14.0 Å². The molecule has 0 bridgehead atoms. The van der Waals surface area contributed by atoms with E-state index in [0.717, 1.165) is 24.8 Å². The number of halogens is 1. The molecule has 1 aromatic rings. The van der Waals surface area contributed by atoms with E-state index in [1.807, 2.05) is 20.8 Å². The molecule has 0 aromatic heterocycles. The van der Waals surface area contributed by atoms with Crippen LogP contribution in [0.15, 0.2) is 24.3 Å². The summed E-state index contributed by atoms with van der Waals surface area (Å²) >= 11 is 0. The molecule has 160 valence electrons. The van der Waals surface area contributed by atoms with E-state index in [-0.39, 0.29) is 17.1 Å². The number of amides is 2. The van der Waals surface area contributed by atoms with Gasteiger partial charge in [0, 0.05) is 31.7 Å². The molecule has 29 heavy (non-hydrogen) atoms. The van der Waals surface area contributed by atoms with Crippen LogP contribution in [0, 0.1) is 5.82 Å². The highest BCUT2D eigenvalue weighted by Crippen LogP contribution is 2.34.